The van der Waals surface area contributed by atoms with Crippen molar-refractivity contribution in [2.24, 2.45) is 5.73 Å². The third kappa shape index (κ3) is 3.50. The molecule has 28 heavy (non-hydrogen) atoms. The van der Waals surface area contributed by atoms with Crippen LogP contribution < -0.4 is 15.2 Å². The van der Waals surface area contributed by atoms with Crippen molar-refractivity contribution in [3.63, 3.8) is 0 Å². The number of nitrogens with zero attached hydrogens (tertiary/aromatic N) is 1. The Morgan fingerprint density at radius 2 is 2.11 bits per heavy atom. The highest BCUT2D eigenvalue weighted by Crippen LogP contribution is 2.45. The average molecular weight is 383 g/mol. The third-order valence-electron chi connectivity index (χ3n) is 6.18. The van der Waals surface area contributed by atoms with E-state index in [0.717, 1.165) is 37.4 Å². The molecule has 2 aromatic rings. The first-order valence-corrected chi connectivity index (χ1v) is 10.1. The number of aliphatic hydroxyl groups is 1. The number of benzene rings is 2. The van der Waals surface area contributed by atoms with Crippen LogP contribution in [0.15, 0.2) is 36.4 Å². The molecule has 0 aromatic heterocycles. The van der Waals surface area contributed by atoms with Gasteiger partial charge in [0.1, 0.15) is 6.61 Å². The molecule has 150 valence electrons. The van der Waals surface area contributed by atoms with Crippen molar-refractivity contribution in [3.05, 3.63) is 58.7 Å². The summed E-state index contributed by atoms with van der Waals surface area (Å²) in [6, 6.07) is 13.3. The molecule has 0 bridgehead atoms. The molecule has 0 amide bonds. The second kappa shape index (κ2) is 8.11. The van der Waals surface area contributed by atoms with Crippen LogP contribution in [-0.2, 0) is 6.42 Å². The molecule has 0 spiro atoms. The number of piperidine rings is 1. The number of aliphatic hydroxyl groups excluding tert-OH is 1. The minimum absolute atomic E-state index is 0.00851. The zero-order chi connectivity index (χ0) is 19.7. The summed E-state index contributed by atoms with van der Waals surface area (Å²) in [7, 11) is 1.66. The van der Waals surface area contributed by atoms with E-state index in [1.54, 1.807) is 7.11 Å². The fourth-order valence-corrected chi connectivity index (χ4v) is 4.82. The number of aryl methyl sites for hydroxylation is 1. The maximum atomic E-state index is 9.18. The summed E-state index contributed by atoms with van der Waals surface area (Å²) in [6.07, 6.45) is 1.84. The first-order chi connectivity index (χ1) is 13.6. The van der Waals surface area contributed by atoms with Crippen molar-refractivity contribution in [1.29, 1.82) is 0 Å². The number of hydrogen-bond donors (Lipinski definition) is 2. The Kier molecular flexibility index (Phi) is 5.58. The van der Waals surface area contributed by atoms with Crippen molar-refractivity contribution in [3.8, 4) is 11.5 Å². The van der Waals surface area contributed by atoms with Crippen LogP contribution in [0.2, 0.25) is 0 Å². The predicted molar refractivity (Wildman–Crippen MR) is 110 cm³/mol. The van der Waals surface area contributed by atoms with Gasteiger partial charge in [0.2, 0.25) is 0 Å². The van der Waals surface area contributed by atoms with Gasteiger partial charge in [-0.1, -0.05) is 35.9 Å². The van der Waals surface area contributed by atoms with E-state index < -0.39 is 0 Å². The van der Waals surface area contributed by atoms with Crippen LogP contribution in [0.4, 0.5) is 0 Å². The van der Waals surface area contributed by atoms with Gasteiger partial charge in [-0.2, -0.15) is 0 Å². The zero-order valence-corrected chi connectivity index (χ0v) is 16.7. The highest BCUT2D eigenvalue weighted by Gasteiger charge is 2.39. The number of ether oxygens (including phenoxy) is 2. The molecular formula is C23H30N2O3. The molecule has 0 aliphatic carbocycles. The predicted octanol–water partition coefficient (Wildman–Crippen LogP) is 2.79. The monoisotopic (exact) mass is 382 g/mol. The second-order valence-corrected chi connectivity index (χ2v) is 7.92. The van der Waals surface area contributed by atoms with Crippen molar-refractivity contribution >= 4 is 0 Å². The minimum Gasteiger partial charge on any atom is -0.493 e. The fourth-order valence-electron chi connectivity index (χ4n) is 4.82. The van der Waals surface area contributed by atoms with Gasteiger partial charge in [0.25, 0.3) is 0 Å². The summed E-state index contributed by atoms with van der Waals surface area (Å²) < 4.78 is 11.4. The van der Waals surface area contributed by atoms with Gasteiger partial charge in [0.15, 0.2) is 11.5 Å². The van der Waals surface area contributed by atoms with Crippen molar-refractivity contribution in [1.82, 2.24) is 4.90 Å². The maximum absolute atomic E-state index is 9.18. The third-order valence-corrected chi connectivity index (χ3v) is 6.18. The molecule has 5 nitrogen and oxygen atoms in total. The van der Waals surface area contributed by atoms with Gasteiger partial charge < -0.3 is 20.3 Å². The number of fused-ring (bicyclic) bond motifs is 3. The molecule has 2 aliphatic heterocycles. The maximum Gasteiger partial charge on any atom is 0.164 e. The Balaban J connectivity index is 1.63. The average Bonchev–Trinajstić information content (AvgIpc) is 2.71. The summed E-state index contributed by atoms with van der Waals surface area (Å²) in [6.45, 7) is 4.36. The van der Waals surface area contributed by atoms with Gasteiger partial charge in [-0.3, -0.25) is 4.90 Å². The van der Waals surface area contributed by atoms with Crippen LogP contribution in [0, 0.1) is 6.92 Å². The Labute approximate surface area is 167 Å². The second-order valence-electron chi connectivity index (χ2n) is 7.92. The van der Waals surface area contributed by atoms with Crippen molar-refractivity contribution < 1.29 is 14.6 Å². The molecule has 3 N–H and O–H groups in total. The van der Waals surface area contributed by atoms with Gasteiger partial charge >= 0.3 is 0 Å². The lowest BCUT2D eigenvalue weighted by Crippen LogP contribution is -2.49. The van der Waals surface area contributed by atoms with E-state index in [4.69, 9.17) is 15.2 Å². The van der Waals surface area contributed by atoms with Crippen molar-refractivity contribution in [2.45, 2.75) is 37.8 Å². The van der Waals surface area contributed by atoms with Gasteiger partial charge in [0, 0.05) is 36.7 Å². The summed E-state index contributed by atoms with van der Waals surface area (Å²) in [5.41, 5.74) is 11.8. The molecular weight excluding hydrogens is 352 g/mol. The van der Waals surface area contributed by atoms with E-state index in [0.29, 0.717) is 12.0 Å². The van der Waals surface area contributed by atoms with E-state index >= 15 is 0 Å². The number of rotatable bonds is 5. The van der Waals surface area contributed by atoms with Gasteiger partial charge in [-0.25, -0.2) is 0 Å². The number of hydrogen-bond acceptors (Lipinski definition) is 5. The van der Waals surface area contributed by atoms with Gasteiger partial charge in [0.05, 0.1) is 13.7 Å². The van der Waals surface area contributed by atoms with Crippen LogP contribution in [0.25, 0.3) is 0 Å². The number of methoxy groups -OCH3 is 1. The molecule has 2 heterocycles. The summed E-state index contributed by atoms with van der Waals surface area (Å²) in [5.74, 6) is 1.88. The molecule has 2 aliphatic rings. The molecule has 4 rings (SSSR count). The molecule has 0 saturated carbocycles. The van der Waals surface area contributed by atoms with E-state index in [1.165, 1.54) is 22.3 Å². The summed E-state index contributed by atoms with van der Waals surface area (Å²) >= 11 is 0. The van der Waals surface area contributed by atoms with E-state index in [-0.39, 0.29) is 19.3 Å². The quantitative estimate of drug-likeness (QED) is 0.832. The summed E-state index contributed by atoms with van der Waals surface area (Å²) in [5, 5.41) is 9.18. The molecule has 1 fully saturated rings. The summed E-state index contributed by atoms with van der Waals surface area (Å²) in [4.78, 5) is 2.57. The smallest absolute Gasteiger partial charge is 0.164 e. The highest BCUT2D eigenvalue weighted by atomic mass is 16.5. The van der Waals surface area contributed by atoms with E-state index in [1.807, 2.05) is 6.07 Å². The van der Waals surface area contributed by atoms with E-state index in [9.17, 15) is 5.11 Å². The van der Waals surface area contributed by atoms with Crippen LogP contribution in [0.1, 0.15) is 40.6 Å². The Hall–Kier alpha value is -2.08. The largest absolute Gasteiger partial charge is 0.493 e. The Morgan fingerprint density at radius 3 is 2.86 bits per heavy atom. The lowest BCUT2D eigenvalue weighted by atomic mass is 9.78. The van der Waals surface area contributed by atoms with Crippen LogP contribution >= 0.6 is 0 Å². The first-order valence-electron chi connectivity index (χ1n) is 10.1. The van der Waals surface area contributed by atoms with Crippen LogP contribution in [0.5, 0.6) is 11.5 Å². The molecule has 5 heteroatoms. The molecule has 0 radical (unpaired) electrons. The Bertz CT molecular complexity index is 839. The molecule has 3 unspecified atom stereocenters. The number of nitrogens with two attached hydrogens (primary N) is 1. The molecule has 2 aromatic carbocycles. The topological polar surface area (TPSA) is 68.0 Å². The normalized spacial score (nSPS) is 24.4. The van der Waals surface area contributed by atoms with Gasteiger partial charge in [-0.05, 0) is 37.0 Å². The minimum atomic E-state index is -0.00851. The van der Waals surface area contributed by atoms with E-state index in [2.05, 4.69) is 42.2 Å². The van der Waals surface area contributed by atoms with Gasteiger partial charge in [-0.15, -0.1) is 0 Å². The zero-order valence-electron chi connectivity index (χ0n) is 16.7. The molecule has 1 saturated heterocycles. The lowest BCUT2D eigenvalue weighted by molar-refractivity contribution is 0.108. The first kappa shape index (κ1) is 19.2. The lowest BCUT2D eigenvalue weighted by Gasteiger charge is -2.46. The van der Waals surface area contributed by atoms with Crippen LogP contribution in [0.3, 0.4) is 0 Å². The van der Waals surface area contributed by atoms with Crippen LogP contribution in [-0.4, -0.2) is 49.5 Å². The molecule has 3 atom stereocenters. The Morgan fingerprint density at radius 1 is 1.25 bits per heavy atom. The standard InChI is InChI=1S/C23H30N2O3/c1-15-4-3-5-16(12-15)19-14-25-9-8-18-17(21(25)13-20(19)24)6-7-22(27-2)23(18)28-11-10-26/h3-7,12,19-21,26H,8-11,13-14,24H2,1-2H3. The highest BCUT2D eigenvalue weighted by molar-refractivity contribution is 5.53. The SMILES string of the molecule is COc1ccc2c(c1OCCO)CCN1CC(c3cccc(C)c3)C(N)CC21. The van der Waals surface area contributed by atoms with Crippen molar-refractivity contribution in [2.75, 3.05) is 33.4 Å². The fraction of sp³-hybridized carbons (Fsp3) is 0.478.